The number of anilines is 1. The summed E-state index contributed by atoms with van der Waals surface area (Å²) in [4.78, 5) is 13.0. The molecule has 0 saturated heterocycles. The summed E-state index contributed by atoms with van der Waals surface area (Å²) in [5, 5.41) is 5.38. The molecule has 0 radical (unpaired) electrons. The molecule has 1 N–H and O–H groups in total. The highest BCUT2D eigenvalue weighted by Gasteiger charge is 2.27. The van der Waals surface area contributed by atoms with Crippen LogP contribution in [0.3, 0.4) is 0 Å². The first-order chi connectivity index (χ1) is 18.9. The number of hydrogen-bond donors (Lipinski definition) is 1. The molecule has 1 amide bonds. The van der Waals surface area contributed by atoms with Crippen molar-refractivity contribution in [1.82, 2.24) is 9.99 Å². The number of nitrogens with one attached hydrogen (secondary N) is 1. The Morgan fingerprint density at radius 2 is 1.60 bits per heavy atom. The Morgan fingerprint density at radius 1 is 0.900 bits per heavy atom. The third-order valence-electron chi connectivity index (χ3n) is 6.36. The van der Waals surface area contributed by atoms with E-state index in [1.165, 1.54) is 24.4 Å². The summed E-state index contributed by atoms with van der Waals surface area (Å²) in [6.07, 6.45) is 1.51. The number of aryl methyl sites for hydroxylation is 3. The fourth-order valence-electron chi connectivity index (χ4n) is 4.17. The molecule has 0 saturated carbocycles. The molecule has 7 nitrogen and oxygen atoms in total. The topological polar surface area (TPSA) is 83.8 Å². The van der Waals surface area contributed by atoms with Crippen LogP contribution < -0.4 is 9.73 Å². The number of amides is 1. The number of benzene rings is 3. The molecule has 1 aromatic heterocycles. The van der Waals surface area contributed by atoms with E-state index >= 15 is 0 Å². The van der Waals surface area contributed by atoms with Crippen LogP contribution in [0.2, 0.25) is 15.1 Å². The van der Waals surface area contributed by atoms with Crippen LogP contribution in [0, 0.1) is 27.7 Å². The first-order valence-corrected chi connectivity index (χ1v) is 14.8. The number of halogens is 3. The van der Waals surface area contributed by atoms with Gasteiger partial charge in [0.15, 0.2) is 0 Å². The predicted molar refractivity (Wildman–Crippen MR) is 163 cm³/mol. The molecule has 4 rings (SSSR count). The Balaban J connectivity index is 1.57. The molecule has 0 aliphatic carbocycles. The lowest BCUT2D eigenvalue weighted by Crippen LogP contribution is -2.39. The number of carbonyl (C=O) groups is 1. The van der Waals surface area contributed by atoms with E-state index in [0.717, 1.165) is 38.1 Å². The maximum Gasteiger partial charge on any atom is 0.264 e. The van der Waals surface area contributed by atoms with Gasteiger partial charge in [-0.15, -0.1) is 0 Å². The van der Waals surface area contributed by atoms with Gasteiger partial charge in [0.25, 0.3) is 15.9 Å². The van der Waals surface area contributed by atoms with E-state index < -0.39 is 22.5 Å². The summed E-state index contributed by atoms with van der Waals surface area (Å²) in [5.74, 6) is -0.623. The average molecular weight is 618 g/mol. The number of nitrogens with zero attached hydrogens (tertiary/aromatic N) is 3. The molecule has 40 heavy (non-hydrogen) atoms. The minimum atomic E-state index is -4.08. The zero-order valence-electron chi connectivity index (χ0n) is 22.2. The van der Waals surface area contributed by atoms with Gasteiger partial charge in [0.05, 0.1) is 26.8 Å². The van der Waals surface area contributed by atoms with Crippen molar-refractivity contribution in [2.75, 3.05) is 10.8 Å². The fourth-order valence-corrected chi connectivity index (χ4v) is 6.05. The number of carbonyl (C=O) groups excluding carboxylic acids is 1. The Bertz CT molecular complexity index is 1720. The van der Waals surface area contributed by atoms with Gasteiger partial charge in [-0.05, 0) is 81.8 Å². The van der Waals surface area contributed by atoms with E-state index in [1.807, 2.05) is 44.4 Å². The second kappa shape index (κ2) is 12.1. The predicted octanol–water partition coefficient (Wildman–Crippen LogP) is 7.02. The van der Waals surface area contributed by atoms with Crippen LogP contribution in [0.4, 0.5) is 5.69 Å². The van der Waals surface area contributed by atoms with Crippen molar-refractivity contribution < 1.29 is 13.2 Å². The van der Waals surface area contributed by atoms with Gasteiger partial charge in [-0.2, -0.15) is 5.10 Å². The molecule has 208 valence electrons. The Morgan fingerprint density at radius 3 is 2.25 bits per heavy atom. The monoisotopic (exact) mass is 616 g/mol. The molecule has 0 spiro atoms. The van der Waals surface area contributed by atoms with Crippen LogP contribution in [0.25, 0.3) is 5.69 Å². The average Bonchev–Trinajstić information content (AvgIpc) is 3.18. The van der Waals surface area contributed by atoms with Gasteiger partial charge in [-0.1, -0.05) is 58.6 Å². The molecule has 0 unspecified atom stereocenters. The maximum absolute atomic E-state index is 13.6. The molecule has 0 fully saturated rings. The summed E-state index contributed by atoms with van der Waals surface area (Å²) in [6, 6.07) is 18.5. The van der Waals surface area contributed by atoms with Crippen LogP contribution in [0.1, 0.15) is 28.1 Å². The SMILES string of the molecule is Cc1ccc(S(=O)(=O)N(CC(=O)N/N=C\c2cc(C)n(-c3ccc(Cl)c(Cl)c3)c2C)c2ccc(C)c(Cl)c2)cc1. The summed E-state index contributed by atoms with van der Waals surface area (Å²) in [7, 11) is -4.08. The molecule has 0 atom stereocenters. The van der Waals surface area contributed by atoms with Crippen molar-refractivity contribution in [1.29, 1.82) is 0 Å². The maximum atomic E-state index is 13.6. The lowest BCUT2D eigenvalue weighted by Gasteiger charge is -2.24. The van der Waals surface area contributed by atoms with Gasteiger partial charge in [-0.25, -0.2) is 13.8 Å². The minimum absolute atomic E-state index is 0.0563. The van der Waals surface area contributed by atoms with E-state index in [0.29, 0.717) is 15.1 Å². The van der Waals surface area contributed by atoms with E-state index in [1.54, 1.807) is 36.4 Å². The van der Waals surface area contributed by atoms with Crippen molar-refractivity contribution in [3.63, 3.8) is 0 Å². The molecule has 0 aliphatic rings. The van der Waals surface area contributed by atoms with Crippen LogP contribution in [0.15, 0.2) is 76.7 Å². The molecule has 0 bridgehead atoms. The van der Waals surface area contributed by atoms with Crippen LogP contribution >= 0.6 is 34.8 Å². The number of sulfonamides is 1. The smallest absolute Gasteiger partial charge is 0.264 e. The summed E-state index contributed by atoms with van der Waals surface area (Å²) in [5.41, 5.74) is 7.80. The second-order valence-corrected chi connectivity index (χ2v) is 12.4. The standard InChI is InChI=1S/C29H27Cl3N4O3S/c1-18-5-10-25(11-6-18)40(38,39)35(23-8-7-19(2)27(31)14-23)17-29(37)34-33-16-22-13-20(3)36(21(22)4)24-9-12-26(30)28(32)15-24/h5-16H,17H2,1-4H3,(H,34,37)/b33-16-. The van der Waals surface area contributed by atoms with Crippen molar-refractivity contribution >= 4 is 62.6 Å². The molecule has 0 aliphatic heterocycles. The van der Waals surface area contributed by atoms with E-state index in [9.17, 15) is 13.2 Å². The first-order valence-electron chi connectivity index (χ1n) is 12.2. The summed E-state index contributed by atoms with van der Waals surface area (Å²) in [6.45, 7) is 7.02. The molecular weight excluding hydrogens is 591 g/mol. The number of rotatable bonds is 8. The van der Waals surface area contributed by atoms with Gasteiger partial charge < -0.3 is 4.57 Å². The Labute approximate surface area is 249 Å². The molecule has 4 aromatic rings. The van der Waals surface area contributed by atoms with Gasteiger partial charge in [0, 0.05) is 27.7 Å². The minimum Gasteiger partial charge on any atom is -0.318 e. The van der Waals surface area contributed by atoms with Crippen molar-refractivity contribution in [3.05, 3.63) is 110 Å². The van der Waals surface area contributed by atoms with Crippen molar-refractivity contribution in [2.24, 2.45) is 5.10 Å². The highest BCUT2D eigenvalue weighted by molar-refractivity contribution is 7.92. The largest absolute Gasteiger partial charge is 0.318 e. The van der Waals surface area contributed by atoms with Gasteiger partial charge in [0.2, 0.25) is 0 Å². The van der Waals surface area contributed by atoms with Gasteiger partial charge in [0.1, 0.15) is 6.54 Å². The molecule has 1 heterocycles. The zero-order chi connectivity index (χ0) is 29.2. The quantitative estimate of drug-likeness (QED) is 0.170. The fraction of sp³-hybridized carbons (Fsp3) is 0.172. The van der Waals surface area contributed by atoms with Crippen LogP contribution in [0.5, 0.6) is 0 Å². The number of hydrogen-bond acceptors (Lipinski definition) is 4. The third kappa shape index (κ3) is 6.36. The first kappa shape index (κ1) is 29.7. The summed E-state index contributed by atoms with van der Waals surface area (Å²) >= 11 is 18.6. The number of hydrazone groups is 1. The Hall–Kier alpha value is -3.30. The Kier molecular flexibility index (Phi) is 8.95. The highest BCUT2D eigenvalue weighted by Crippen LogP contribution is 2.29. The van der Waals surface area contributed by atoms with Crippen molar-refractivity contribution in [2.45, 2.75) is 32.6 Å². The van der Waals surface area contributed by atoms with Crippen molar-refractivity contribution in [3.8, 4) is 5.69 Å². The van der Waals surface area contributed by atoms with E-state index in [-0.39, 0.29) is 10.6 Å². The molecular formula is C29H27Cl3N4O3S. The second-order valence-electron chi connectivity index (χ2n) is 9.31. The molecule has 11 heteroatoms. The van der Waals surface area contributed by atoms with E-state index in [4.69, 9.17) is 34.8 Å². The van der Waals surface area contributed by atoms with Crippen LogP contribution in [-0.2, 0) is 14.8 Å². The summed E-state index contributed by atoms with van der Waals surface area (Å²) < 4.78 is 30.2. The lowest BCUT2D eigenvalue weighted by atomic mass is 10.2. The van der Waals surface area contributed by atoms with Crippen LogP contribution in [-0.4, -0.2) is 31.7 Å². The van der Waals surface area contributed by atoms with E-state index in [2.05, 4.69) is 10.5 Å². The number of aromatic nitrogens is 1. The van der Waals surface area contributed by atoms with Gasteiger partial charge >= 0.3 is 0 Å². The molecule has 3 aromatic carbocycles. The normalized spacial score (nSPS) is 11.7. The zero-order valence-corrected chi connectivity index (χ0v) is 25.3. The highest BCUT2D eigenvalue weighted by atomic mass is 35.5. The third-order valence-corrected chi connectivity index (χ3v) is 9.30. The van der Waals surface area contributed by atoms with Gasteiger partial charge in [-0.3, -0.25) is 9.10 Å². The lowest BCUT2D eigenvalue weighted by molar-refractivity contribution is -0.119.